The maximum Gasteiger partial charge on any atom is 0.244 e. The van der Waals surface area contributed by atoms with Crippen LogP contribution >= 0.6 is 11.3 Å². The first-order chi connectivity index (χ1) is 8.36. The quantitative estimate of drug-likeness (QED) is 0.886. The number of nitrogens with one attached hydrogen (secondary N) is 1. The van der Waals surface area contributed by atoms with Crippen molar-refractivity contribution in [1.82, 2.24) is 20.4 Å². The average Bonchev–Trinajstić information content (AvgIpc) is 3.09. The van der Waals surface area contributed by atoms with Crippen LogP contribution < -0.4 is 5.32 Å². The van der Waals surface area contributed by atoms with Crippen LogP contribution in [0.25, 0.3) is 11.5 Å². The minimum atomic E-state index is 0.0832. The number of thiazole rings is 1. The Hall–Kier alpha value is -1.31. The standard InChI is InChI=1S/C10H12N4O2S/c1-15-6-2-7(11-3-6)10-13-9(14-16-10)8-4-17-5-12-8/h4-7,11H,2-3H2,1H3. The number of ether oxygens (including phenoxy) is 1. The summed E-state index contributed by atoms with van der Waals surface area (Å²) in [5.74, 6) is 1.15. The first kappa shape index (κ1) is 10.8. The Labute approximate surface area is 102 Å². The van der Waals surface area contributed by atoms with Gasteiger partial charge in [0.25, 0.3) is 0 Å². The maximum absolute atomic E-state index is 5.28. The molecule has 17 heavy (non-hydrogen) atoms. The first-order valence-electron chi connectivity index (χ1n) is 5.35. The highest BCUT2D eigenvalue weighted by Crippen LogP contribution is 2.25. The number of rotatable bonds is 3. The zero-order valence-corrected chi connectivity index (χ0v) is 10.1. The van der Waals surface area contributed by atoms with Crippen LogP contribution in [0.1, 0.15) is 18.4 Å². The van der Waals surface area contributed by atoms with Crippen molar-refractivity contribution in [2.24, 2.45) is 0 Å². The van der Waals surface area contributed by atoms with Crippen molar-refractivity contribution in [1.29, 1.82) is 0 Å². The molecular weight excluding hydrogens is 240 g/mol. The summed E-state index contributed by atoms with van der Waals surface area (Å²) in [5, 5.41) is 9.12. The molecule has 1 saturated heterocycles. The second-order valence-corrected chi connectivity index (χ2v) is 4.60. The average molecular weight is 252 g/mol. The van der Waals surface area contributed by atoms with Crippen LogP contribution in [0.3, 0.4) is 0 Å². The molecule has 2 aromatic heterocycles. The maximum atomic E-state index is 5.28. The molecule has 3 rings (SSSR count). The molecule has 1 aliphatic heterocycles. The molecule has 6 nitrogen and oxygen atoms in total. The summed E-state index contributed by atoms with van der Waals surface area (Å²) in [5.41, 5.74) is 2.51. The van der Waals surface area contributed by atoms with Gasteiger partial charge in [-0.25, -0.2) is 4.98 Å². The SMILES string of the molecule is COC1CNC(c2nc(-c3cscn3)no2)C1. The van der Waals surface area contributed by atoms with Gasteiger partial charge in [-0.15, -0.1) is 11.3 Å². The molecular formula is C10H12N4O2S. The van der Waals surface area contributed by atoms with Crippen molar-refractivity contribution in [3.8, 4) is 11.5 Å². The molecule has 1 fully saturated rings. The smallest absolute Gasteiger partial charge is 0.244 e. The fraction of sp³-hybridized carbons (Fsp3) is 0.500. The Morgan fingerprint density at radius 3 is 3.24 bits per heavy atom. The molecule has 1 N–H and O–H groups in total. The van der Waals surface area contributed by atoms with Gasteiger partial charge in [0.1, 0.15) is 5.69 Å². The molecule has 0 radical (unpaired) electrons. The molecule has 0 amide bonds. The highest BCUT2D eigenvalue weighted by atomic mass is 32.1. The second-order valence-electron chi connectivity index (χ2n) is 3.88. The van der Waals surface area contributed by atoms with E-state index in [9.17, 15) is 0 Å². The van der Waals surface area contributed by atoms with Crippen LogP contribution in [-0.4, -0.2) is 34.9 Å². The van der Waals surface area contributed by atoms with Gasteiger partial charge in [-0.2, -0.15) is 4.98 Å². The van der Waals surface area contributed by atoms with E-state index in [-0.39, 0.29) is 12.1 Å². The third-order valence-electron chi connectivity index (χ3n) is 2.83. The van der Waals surface area contributed by atoms with Crippen molar-refractivity contribution >= 4 is 11.3 Å². The molecule has 90 valence electrons. The molecule has 7 heteroatoms. The molecule has 0 aliphatic carbocycles. The van der Waals surface area contributed by atoms with Crippen molar-refractivity contribution in [2.45, 2.75) is 18.6 Å². The summed E-state index contributed by atoms with van der Waals surface area (Å²) in [7, 11) is 1.71. The summed E-state index contributed by atoms with van der Waals surface area (Å²) >= 11 is 1.51. The number of hydrogen-bond acceptors (Lipinski definition) is 7. The van der Waals surface area contributed by atoms with Crippen molar-refractivity contribution in [3.05, 3.63) is 16.8 Å². The van der Waals surface area contributed by atoms with Crippen LogP contribution in [0, 0.1) is 0 Å². The van der Waals surface area contributed by atoms with Gasteiger partial charge in [0.2, 0.25) is 11.7 Å². The molecule has 2 unspecified atom stereocenters. The molecule has 0 aromatic carbocycles. The van der Waals surface area contributed by atoms with E-state index in [1.54, 1.807) is 12.6 Å². The van der Waals surface area contributed by atoms with Gasteiger partial charge in [0.15, 0.2) is 0 Å². The minimum absolute atomic E-state index is 0.0832. The Morgan fingerprint density at radius 1 is 1.59 bits per heavy atom. The summed E-state index contributed by atoms with van der Waals surface area (Å²) in [6.45, 7) is 0.815. The Kier molecular flexibility index (Phi) is 2.87. The van der Waals surface area contributed by atoms with E-state index in [2.05, 4.69) is 20.4 Å². The van der Waals surface area contributed by atoms with Crippen molar-refractivity contribution in [3.63, 3.8) is 0 Å². The Bertz CT molecular complexity index is 484. The molecule has 0 saturated carbocycles. The largest absolute Gasteiger partial charge is 0.380 e. The van der Waals surface area contributed by atoms with Crippen LogP contribution in [-0.2, 0) is 4.74 Å². The second kappa shape index (κ2) is 4.52. The predicted octanol–water partition coefficient (Wildman–Crippen LogP) is 1.24. The van der Waals surface area contributed by atoms with Crippen LogP contribution in [0.4, 0.5) is 0 Å². The van der Waals surface area contributed by atoms with E-state index in [1.165, 1.54) is 11.3 Å². The van der Waals surface area contributed by atoms with Gasteiger partial charge in [-0.1, -0.05) is 5.16 Å². The lowest BCUT2D eigenvalue weighted by Gasteiger charge is -2.04. The predicted molar refractivity (Wildman–Crippen MR) is 61.6 cm³/mol. The summed E-state index contributed by atoms with van der Waals surface area (Å²) in [6, 6.07) is 0.0832. The van der Waals surface area contributed by atoms with E-state index >= 15 is 0 Å². The van der Waals surface area contributed by atoms with Crippen molar-refractivity contribution in [2.75, 3.05) is 13.7 Å². The lowest BCUT2D eigenvalue weighted by atomic mass is 10.2. The monoisotopic (exact) mass is 252 g/mol. The molecule has 0 spiro atoms. The lowest BCUT2D eigenvalue weighted by molar-refractivity contribution is 0.116. The number of methoxy groups -OCH3 is 1. The van der Waals surface area contributed by atoms with Gasteiger partial charge < -0.3 is 14.6 Å². The number of hydrogen-bond donors (Lipinski definition) is 1. The van der Waals surface area contributed by atoms with Gasteiger partial charge in [0.05, 0.1) is 17.7 Å². The minimum Gasteiger partial charge on any atom is -0.380 e. The topological polar surface area (TPSA) is 73.1 Å². The van der Waals surface area contributed by atoms with Crippen LogP contribution in [0.5, 0.6) is 0 Å². The van der Waals surface area contributed by atoms with E-state index in [0.717, 1.165) is 18.7 Å². The van der Waals surface area contributed by atoms with E-state index in [0.29, 0.717) is 11.7 Å². The summed E-state index contributed by atoms with van der Waals surface area (Å²) in [6.07, 6.45) is 1.07. The van der Waals surface area contributed by atoms with Gasteiger partial charge in [-0.05, 0) is 6.42 Å². The molecule has 2 atom stereocenters. The Balaban J connectivity index is 1.77. The van der Waals surface area contributed by atoms with Gasteiger partial charge >= 0.3 is 0 Å². The Morgan fingerprint density at radius 2 is 2.53 bits per heavy atom. The fourth-order valence-electron chi connectivity index (χ4n) is 1.87. The zero-order valence-electron chi connectivity index (χ0n) is 9.29. The first-order valence-corrected chi connectivity index (χ1v) is 6.29. The highest BCUT2D eigenvalue weighted by Gasteiger charge is 2.29. The van der Waals surface area contributed by atoms with Crippen molar-refractivity contribution < 1.29 is 9.26 Å². The molecule has 3 heterocycles. The zero-order chi connectivity index (χ0) is 11.7. The van der Waals surface area contributed by atoms with E-state index in [4.69, 9.17) is 9.26 Å². The number of aromatic nitrogens is 3. The third kappa shape index (κ3) is 2.08. The van der Waals surface area contributed by atoms with E-state index in [1.807, 2.05) is 5.38 Å². The van der Waals surface area contributed by atoms with Gasteiger partial charge in [-0.3, -0.25) is 0 Å². The summed E-state index contributed by atoms with van der Waals surface area (Å²) < 4.78 is 10.5. The third-order valence-corrected chi connectivity index (χ3v) is 3.41. The van der Waals surface area contributed by atoms with E-state index < -0.39 is 0 Å². The highest BCUT2D eigenvalue weighted by molar-refractivity contribution is 7.07. The van der Waals surface area contributed by atoms with Gasteiger partial charge in [0, 0.05) is 19.0 Å². The molecule has 0 bridgehead atoms. The summed E-state index contributed by atoms with van der Waals surface area (Å²) in [4.78, 5) is 8.50. The lowest BCUT2D eigenvalue weighted by Crippen LogP contribution is -2.16. The molecule has 1 aliphatic rings. The molecule has 2 aromatic rings. The van der Waals surface area contributed by atoms with Crippen LogP contribution in [0.2, 0.25) is 0 Å². The normalized spacial score (nSPS) is 24.3. The van der Waals surface area contributed by atoms with Crippen LogP contribution in [0.15, 0.2) is 15.4 Å². The number of nitrogens with zero attached hydrogens (tertiary/aromatic N) is 3. The fourth-order valence-corrected chi connectivity index (χ4v) is 2.41.